The maximum absolute atomic E-state index is 12.8. The van der Waals surface area contributed by atoms with Crippen molar-refractivity contribution in [3.63, 3.8) is 0 Å². The lowest BCUT2D eigenvalue weighted by atomic mass is 10.0. The van der Waals surface area contributed by atoms with Crippen LogP contribution in [-0.4, -0.2) is 37.2 Å². The Labute approximate surface area is 402 Å². The van der Waals surface area contributed by atoms with Crippen LogP contribution in [0.25, 0.3) is 0 Å². The molecule has 1 unspecified atom stereocenters. The molecule has 0 aliphatic heterocycles. The molecular formula is C59H104O6. The number of rotatable bonds is 50. The molecule has 6 heteroatoms. The molecule has 0 aromatic carbocycles. The monoisotopic (exact) mass is 909 g/mol. The van der Waals surface area contributed by atoms with E-state index in [1.54, 1.807) is 0 Å². The van der Waals surface area contributed by atoms with Crippen LogP contribution < -0.4 is 0 Å². The van der Waals surface area contributed by atoms with E-state index in [0.717, 1.165) is 89.9 Å². The second-order valence-corrected chi connectivity index (χ2v) is 18.6. The van der Waals surface area contributed by atoms with Crippen molar-refractivity contribution in [2.75, 3.05) is 13.2 Å². The zero-order valence-electron chi connectivity index (χ0n) is 43.0. The summed E-state index contributed by atoms with van der Waals surface area (Å²) in [6.07, 6.45) is 66.3. The molecule has 0 radical (unpaired) electrons. The van der Waals surface area contributed by atoms with Crippen LogP contribution >= 0.6 is 0 Å². The quantitative estimate of drug-likeness (QED) is 0.0199. The molecule has 0 heterocycles. The highest BCUT2D eigenvalue weighted by molar-refractivity contribution is 5.71. The number of unbranched alkanes of at least 4 members (excludes halogenated alkanes) is 32. The normalized spacial score (nSPS) is 12.5. The Morgan fingerprint density at radius 3 is 0.985 bits per heavy atom. The fraction of sp³-hybridized carbons (Fsp3) is 0.780. The van der Waals surface area contributed by atoms with Crippen molar-refractivity contribution in [2.45, 2.75) is 284 Å². The highest BCUT2D eigenvalue weighted by Gasteiger charge is 2.19. The molecule has 6 nitrogen and oxygen atoms in total. The maximum Gasteiger partial charge on any atom is 0.306 e. The molecule has 0 aromatic rings. The molecule has 65 heavy (non-hydrogen) atoms. The summed E-state index contributed by atoms with van der Waals surface area (Å²) in [6.45, 7) is 6.50. The van der Waals surface area contributed by atoms with E-state index in [4.69, 9.17) is 14.2 Å². The van der Waals surface area contributed by atoms with Gasteiger partial charge in [0, 0.05) is 19.3 Å². The smallest absolute Gasteiger partial charge is 0.306 e. The van der Waals surface area contributed by atoms with Crippen LogP contribution in [0.1, 0.15) is 278 Å². The minimum absolute atomic E-state index is 0.0841. The van der Waals surface area contributed by atoms with Crippen molar-refractivity contribution in [2.24, 2.45) is 0 Å². The lowest BCUT2D eigenvalue weighted by Crippen LogP contribution is -2.30. The van der Waals surface area contributed by atoms with Crippen molar-refractivity contribution in [1.82, 2.24) is 0 Å². The van der Waals surface area contributed by atoms with E-state index in [9.17, 15) is 14.4 Å². The predicted molar refractivity (Wildman–Crippen MR) is 279 cm³/mol. The molecule has 0 aliphatic carbocycles. The van der Waals surface area contributed by atoms with Gasteiger partial charge in [0.1, 0.15) is 13.2 Å². The first-order valence-corrected chi connectivity index (χ1v) is 27.8. The Morgan fingerprint density at radius 1 is 0.323 bits per heavy atom. The molecule has 0 aliphatic rings. The molecule has 0 aromatic heterocycles. The minimum Gasteiger partial charge on any atom is -0.462 e. The first-order chi connectivity index (χ1) is 32.0. The number of esters is 3. The van der Waals surface area contributed by atoms with Crippen LogP contribution in [0, 0.1) is 0 Å². The van der Waals surface area contributed by atoms with Crippen molar-refractivity contribution >= 4 is 17.9 Å². The van der Waals surface area contributed by atoms with Crippen molar-refractivity contribution in [3.8, 4) is 0 Å². The fourth-order valence-corrected chi connectivity index (χ4v) is 7.92. The molecule has 0 N–H and O–H groups in total. The number of carbonyl (C=O) groups excluding carboxylic acids is 3. The second kappa shape index (κ2) is 53.7. The Kier molecular flexibility index (Phi) is 51.3. The van der Waals surface area contributed by atoms with E-state index in [1.807, 2.05) is 18.2 Å². The van der Waals surface area contributed by atoms with Crippen molar-refractivity contribution in [1.29, 1.82) is 0 Å². The van der Waals surface area contributed by atoms with Gasteiger partial charge in [0.25, 0.3) is 0 Å². The average molecular weight is 909 g/mol. The zero-order chi connectivity index (χ0) is 47.2. The Morgan fingerprint density at radius 2 is 0.615 bits per heavy atom. The third kappa shape index (κ3) is 51.9. The molecule has 0 saturated carbocycles. The van der Waals surface area contributed by atoms with Crippen molar-refractivity contribution < 1.29 is 28.6 Å². The van der Waals surface area contributed by atoms with E-state index in [-0.39, 0.29) is 31.1 Å². The molecule has 0 saturated heterocycles. The fourth-order valence-electron chi connectivity index (χ4n) is 7.92. The van der Waals surface area contributed by atoms with Crippen LogP contribution in [0.5, 0.6) is 0 Å². The van der Waals surface area contributed by atoms with Gasteiger partial charge in [0.2, 0.25) is 0 Å². The Hall–Kier alpha value is -2.89. The van der Waals surface area contributed by atoms with E-state index >= 15 is 0 Å². The molecule has 0 amide bonds. The molecule has 0 fully saturated rings. The van der Waals surface area contributed by atoms with Gasteiger partial charge >= 0.3 is 17.9 Å². The third-order valence-electron chi connectivity index (χ3n) is 12.1. The van der Waals surface area contributed by atoms with E-state index in [1.165, 1.54) is 148 Å². The van der Waals surface area contributed by atoms with Gasteiger partial charge in [-0.05, 0) is 64.2 Å². The van der Waals surface area contributed by atoms with Gasteiger partial charge in [-0.1, -0.05) is 255 Å². The number of ether oxygens (including phenoxy) is 3. The predicted octanol–water partition coefficient (Wildman–Crippen LogP) is 18.4. The lowest BCUT2D eigenvalue weighted by Gasteiger charge is -2.18. The summed E-state index contributed by atoms with van der Waals surface area (Å²) in [5.41, 5.74) is 0. The molecule has 0 rings (SSSR count). The first kappa shape index (κ1) is 62.1. The lowest BCUT2D eigenvalue weighted by molar-refractivity contribution is -0.167. The van der Waals surface area contributed by atoms with Crippen LogP contribution in [0.2, 0.25) is 0 Å². The van der Waals surface area contributed by atoms with E-state index in [0.29, 0.717) is 19.3 Å². The summed E-state index contributed by atoms with van der Waals surface area (Å²) in [7, 11) is 0. The van der Waals surface area contributed by atoms with Gasteiger partial charge in [-0.3, -0.25) is 14.4 Å². The molecule has 0 bridgehead atoms. The summed E-state index contributed by atoms with van der Waals surface area (Å²) in [5.74, 6) is -0.904. The maximum atomic E-state index is 12.8. The summed E-state index contributed by atoms with van der Waals surface area (Å²) >= 11 is 0. The molecular weight excluding hydrogens is 805 g/mol. The number of allylic oxidation sites excluding steroid dienone is 10. The summed E-state index contributed by atoms with van der Waals surface area (Å²) in [4.78, 5) is 38.1. The number of carbonyl (C=O) groups is 3. The Balaban J connectivity index is 4.41. The molecule has 376 valence electrons. The highest BCUT2D eigenvalue weighted by Crippen LogP contribution is 2.16. The van der Waals surface area contributed by atoms with Gasteiger partial charge in [0.05, 0.1) is 0 Å². The van der Waals surface area contributed by atoms with Gasteiger partial charge in [-0.2, -0.15) is 0 Å². The third-order valence-corrected chi connectivity index (χ3v) is 12.1. The molecule has 1 atom stereocenters. The van der Waals surface area contributed by atoms with Crippen molar-refractivity contribution in [3.05, 3.63) is 60.8 Å². The first-order valence-electron chi connectivity index (χ1n) is 27.8. The SMILES string of the molecule is CC\C=C/C=C\C=C/C=C\CCCCCCCC(=O)OCC(COC(=O)CCCCCCC/C=C\CCCCCCCCC)OC(=O)CCCCCCCCCCCCCCCCCC. The van der Waals surface area contributed by atoms with Crippen LogP contribution in [0.15, 0.2) is 60.8 Å². The largest absolute Gasteiger partial charge is 0.462 e. The van der Waals surface area contributed by atoms with Crippen LogP contribution in [0.4, 0.5) is 0 Å². The topological polar surface area (TPSA) is 78.9 Å². The zero-order valence-corrected chi connectivity index (χ0v) is 43.0. The summed E-state index contributed by atoms with van der Waals surface area (Å²) < 4.78 is 16.8. The summed E-state index contributed by atoms with van der Waals surface area (Å²) in [5, 5.41) is 0. The van der Waals surface area contributed by atoms with Gasteiger partial charge in [-0.15, -0.1) is 0 Å². The van der Waals surface area contributed by atoms with E-state index in [2.05, 4.69) is 63.3 Å². The standard InChI is InChI=1S/C59H104O6/c1-4-7-10-13-16-19-22-25-28-31-34-37-40-43-46-49-52-58(61)64-55-56(54-63-57(60)51-48-45-42-39-36-33-30-27-24-21-18-15-12-9-6-3)65-59(62)53-50-47-44-41-38-35-32-29-26-23-20-17-14-11-8-5-2/h9,12,15,18,21,24,27-28,30-31,56H,4-8,10-11,13-14,16-17,19-20,22-23,25-26,29,32-55H2,1-3H3/b12-9-,18-15-,24-21-,30-27-,31-28-. The van der Waals surface area contributed by atoms with E-state index < -0.39 is 6.10 Å². The Bertz CT molecular complexity index is 1180. The number of hydrogen-bond acceptors (Lipinski definition) is 6. The van der Waals surface area contributed by atoms with Gasteiger partial charge in [0.15, 0.2) is 6.10 Å². The van der Waals surface area contributed by atoms with Crippen LogP contribution in [0.3, 0.4) is 0 Å². The molecule has 0 spiro atoms. The minimum atomic E-state index is -0.785. The second-order valence-electron chi connectivity index (χ2n) is 18.6. The van der Waals surface area contributed by atoms with Gasteiger partial charge < -0.3 is 14.2 Å². The highest BCUT2D eigenvalue weighted by atomic mass is 16.6. The van der Waals surface area contributed by atoms with Gasteiger partial charge in [-0.25, -0.2) is 0 Å². The van der Waals surface area contributed by atoms with Crippen LogP contribution in [-0.2, 0) is 28.6 Å². The average Bonchev–Trinajstić information content (AvgIpc) is 3.30. The summed E-state index contributed by atoms with van der Waals surface area (Å²) in [6, 6.07) is 0. The number of hydrogen-bond donors (Lipinski definition) is 0.